The first-order chi connectivity index (χ1) is 41.8. The fourth-order valence-corrected chi connectivity index (χ4v) is 23.2. The van der Waals surface area contributed by atoms with E-state index in [9.17, 15) is 31.6 Å². The molecule has 6 aromatic carbocycles. The fraction of sp³-hybridized carbons (Fsp3) is 0.0278. The molecular weight excluding hydrogens is 1170 g/mol. The van der Waals surface area contributed by atoms with Crippen LogP contribution in [0.5, 0.6) is 0 Å². The first kappa shape index (κ1) is 52.0. The Bertz CT molecular complexity index is 4900. The van der Waals surface area contributed by atoms with Crippen LogP contribution in [0.25, 0.3) is 81.8 Å². The van der Waals surface area contributed by atoms with Gasteiger partial charge >= 0.3 is 0 Å². The summed E-state index contributed by atoms with van der Waals surface area (Å²) in [5.74, 6) is 0. The molecule has 0 N–H and O–H groups in total. The predicted octanol–water partition coefficient (Wildman–Crippen LogP) is 20.2. The van der Waals surface area contributed by atoms with Crippen LogP contribution in [0.1, 0.15) is 75.1 Å². The van der Waals surface area contributed by atoms with Crippen molar-refractivity contribution in [3.63, 3.8) is 0 Å². The molecule has 2 aliphatic carbocycles. The van der Waals surface area contributed by atoms with Gasteiger partial charge in [0.15, 0.2) is 0 Å². The SMILES string of the molecule is N#CC(C#N)=C(/C=C/c1cc2sc3c(c2s1)C(c1ccccc1)(c1ccccc1)c1sc2c(sc4c5c(sc42)C(c2ccccc2)(c2ccccc2)c2c-5sc4cc(/C=C/C(=C(C#N)C#N)c5ccc(C#N)cc5)sc24)c1-3)c1ccc(C#N)cc1. The van der Waals surface area contributed by atoms with Crippen molar-refractivity contribution < 1.29 is 0 Å². The third kappa shape index (κ3) is 7.69. The average molecular weight is 1210 g/mol. The summed E-state index contributed by atoms with van der Waals surface area (Å²) in [7, 11) is 0. The highest BCUT2D eigenvalue weighted by Crippen LogP contribution is 2.71. The molecule has 6 nitrogen and oxygen atoms in total. The second-order valence-electron chi connectivity index (χ2n) is 20.4. The number of hydrogen-bond acceptors (Lipinski definition) is 13. The summed E-state index contributed by atoms with van der Waals surface area (Å²) < 4.78 is 9.97. The Morgan fingerprint density at radius 2 is 0.694 bits per heavy atom. The highest BCUT2D eigenvalue weighted by molar-refractivity contribution is 7.41. The molecular formula is C72H34N6S7. The van der Waals surface area contributed by atoms with Gasteiger partial charge in [0.05, 0.1) is 62.3 Å². The zero-order valence-corrected chi connectivity index (χ0v) is 49.9. The average Bonchev–Trinajstić information content (AvgIpc) is 1.50. The molecule has 13 aromatic rings. The molecule has 0 aliphatic heterocycles. The molecule has 85 heavy (non-hydrogen) atoms. The van der Waals surface area contributed by atoms with Crippen LogP contribution >= 0.6 is 79.4 Å². The maximum Gasteiger partial charge on any atom is 0.137 e. The van der Waals surface area contributed by atoms with Gasteiger partial charge in [-0.05, 0) is 81.9 Å². The summed E-state index contributed by atoms with van der Waals surface area (Å²) in [4.78, 5) is 7.19. The van der Waals surface area contributed by atoms with Gasteiger partial charge in [-0.15, -0.1) is 79.4 Å². The van der Waals surface area contributed by atoms with Crippen molar-refractivity contribution in [2.45, 2.75) is 10.8 Å². The van der Waals surface area contributed by atoms with E-state index in [1.54, 1.807) is 71.2 Å². The largest absolute Gasteiger partial charge is 0.192 e. The van der Waals surface area contributed by atoms with E-state index in [1.807, 2.05) is 81.0 Å². The molecule has 0 saturated heterocycles. The lowest BCUT2D eigenvalue weighted by Gasteiger charge is -2.32. The lowest BCUT2D eigenvalue weighted by atomic mass is 9.71. The Kier molecular flexibility index (Phi) is 12.5. The molecule has 0 spiro atoms. The number of benzene rings is 6. The number of rotatable bonds is 10. The van der Waals surface area contributed by atoms with E-state index < -0.39 is 10.8 Å². The first-order valence-corrected chi connectivity index (χ1v) is 32.4. The molecule has 0 radical (unpaired) electrons. The van der Waals surface area contributed by atoms with Crippen molar-refractivity contribution in [3.05, 3.63) is 280 Å². The van der Waals surface area contributed by atoms with Crippen molar-refractivity contribution in [2.75, 3.05) is 0 Å². The highest BCUT2D eigenvalue weighted by Gasteiger charge is 2.54. The second-order valence-corrected chi connectivity index (χ2v) is 27.7. The molecule has 0 unspecified atom stereocenters. The van der Waals surface area contributed by atoms with Gasteiger partial charge in [0.25, 0.3) is 0 Å². The lowest BCUT2D eigenvalue weighted by molar-refractivity contribution is 0.795. The van der Waals surface area contributed by atoms with Gasteiger partial charge in [-0.3, -0.25) is 0 Å². The van der Waals surface area contributed by atoms with E-state index in [0.29, 0.717) is 33.4 Å². The molecule has 0 fully saturated rings. The maximum absolute atomic E-state index is 10.1. The van der Waals surface area contributed by atoms with Crippen LogP contribution in [0.3, 0.4) is 0 Å². The molecule has 0 saturated carbocycles. The zero-order chi connectivity index (χ0) is 57.6. The van der Waals surface area contributed by atoms with Crippen molar-refractivity contribution in [1.29, 1.82) is 31.6 Å². The van der Waals surface area contributed by atoms with E-state index in [4.69, 9.17) is 0 Å². The predicted molar refractivity (Wildman–Crippen MR) is 353 cm³/mol. The van der Waals surface area contributed by atoms with Crippen molar-refractivity contribution in [1.82, 2.24) is 0 Å². The maximum atomic E-state index is 10.1. The molecule has 13 heteroatoms. The van der Waals surface area contributed by atoms with E-state index >= 15 is 0 Å². The molecule has 0 bridgehead atoms. The van der Waals surface area contributed by atoms with E-state index in [0.717, 1.165) is 9.75 Å². The number of thiophene rings is 7. The van der Waals surface area contributed by atoms with Gasteiger partial charge in [-0.2, -0.15) is 31.6 Å². The third-order valence-corrected chi connectivity index (χ3v) is 25.2. The molecule has 394 valence electrons. The monoisotopic (exact) mass is 1210 g/mol. The zero-order valence-electron chi connectivity index (χ0n) is 44.2. The minimum Gasteiger partial charge on any atom is -0.192 e. The Balaban J connectivity index is 0.946. The summed E-state index contributed by atoms with van der Waals surface area (Å²) in [6, 6.07) is 75.0. The Morgan fingerprint density at radius 1 is 0.353 bits per heavy atom. The van der Waals surface area contributed by atoms with Crippen LogP contribution in [0, 0.1) is 68.0 Å². The van der Waals surface area contributed by atoms with Crippen LogP contribution in [0.15, 0.2) is 205 Å². The van der Waals surface area contributed by atoms with Crippen LogP contribution in [0.4, 0.5) is 0 Å². The summed E-state index contributed by atoms with van der Waals surface area (Å²) in [6.45, 7) is 0. The number of hydrogen-bond donors (Lipinski definition) is 0. The smallest absolute Gasteiger partial charge is 0.137 e. The normalized spacial score (nSPS) is 13.2. The van der Waals surface area contributed by atoms with E-state index in [-0.39, 0.29) is 11.1 Å². The number of nitriles is 6. The molecule has 7 heterocycles. The van der Waals surface area contributed by atoms with Crippen LogP contribution in [-0.4, -0.2) is 0 Å². The third-order valence-electron chi connectivity index (χ3n) is 16.1. The molecule has 7 aromatic heterocycles. The number of nitrogens with zero attached hydrogens (tertiary/aromatic N) is 6. The fourth-order valence-electron chi connectivity index (χ4n) is 12.5. The second kappa shape index (κ2) is 20.5. The Morgan fingerprint density at radius 3 is 1.01 bits per heavy atom. The summed E-state index contributed by atoms with van der Waals surface area (Å²) in [5.41, 5.74) is 12.1. The molecule has 0 atom stereocenters. The van der Waals surface area contributed by atoms with E-state index in [2.05, 4.69) is 170 Å². The number of fused-ring (bicyclic) bond motifs is 15. The Hall–Kier alpha value is -9.84. The topological polar surface area (TPSA) is 143 Å². The lowest BCUT2D eigenvalue weighted by Crippen LogP contribution is -2.27. The minimum atomic E-state index is -0.645. The summed E-state index contributed by atoms with van der Waals surface area (Å²) >= 11 is 13.0. The first-order valence-electron chi connectivity index (χ1n) is 26.7. The van der Waals surface area contributed by atoms with Gasteiger partial charge < -0.3 is 0 Å². The number of allylic oxidation sites excluding steroid dienone is 6. The highest BCUT2D eigenvalue weighted by atomic mass is 32.1. The minimum absolute atomic E-state index is 0.000125. The standard InChI is InChI=1S/C72H34N6S7/c73-35-41-21-25-43(26-22-41)53(45(37-75)38-76)31-29-51-33-55-61(79-51)59-63(81-55)57-65-67(84-69(57)71(59,47-13-5-1-6-14-47)48-15-7-2-8-16-48)68-66(83-65)58-64-60(72(70(58)85-68,49-17-9-3-10-18-49)50-19-11-4-12-20-50)62-56(82-64)34-52(80-62)30-32-54(46(39-77)40-78)44-27-23-42(36-74)24-28-44/h1-34H/b31-29+,32-30+. The summed E-state index contributed by atoms with van der Waals surface area (Å²) in [5, 5.41) is 59.4. The van der Waals surface area contributed by atoms with Crippen molar-refractivity contribution >= 4 is 140 Å². The van der Waals surface area contributed by atoms with Crippen LogP contribution in [-0.2, 0) is 10.8 Å². The van der Waals surface area contributed by atoms with Crippen molar-refractivity contribution in [3.8, 4) is 57.3 Å². The molecule has 0 amide bonds. The van der Waals surface area contributed by atoms with Gasteiger partial charge in [-0.25, -0.2) is 0 Å². The van der Waals surface area contributed by atoms with Gasteiger partial charge in [0, 0.05) is 72.1 Å². The van der Waals surface area contributed by atoms with Crippen molar-refractivity contribution in [2.24, 2.45) is 0 Å². The van der Waals surface area contributed by atoms with Crippen LogP contribution in [0.2, 0.25) is 0 Å². The van der Waals surface area contributed by atoms with Gasteiger partial charge in [0.1, 0.15) is 35.4 Å². The van der Waals surface area contributed by atoms with Gasteiger partial charge in [-0.1, -0.05) is 158 Å². The van der Waals surface area contributed by atoms with E-state index in [1.165, 1.54) is 102 Å². The van der Waals surface area contributed by atoms with Crippen LogP contribution < -0.4 is 0 Å². The Labute approximate surface area is 516 Å². The molecule has 15 rings (SSSR count). The summed E-state index contributed by atoms with van der Waals surface area (Å²) in [6.07, 6.45) is 7.74. The molecule has 2 aliphatic rings. The quantitative estimate of drug-likeness (QED) is 0.0985. The van der Waals surface area contributed by atoms with Gasteiger partial charge in [0.2, 0.25) is 0 Å².